The molecular weight excluding hydrogens is 358 g/mol. The minimum atomic E-state index is -0.750. The van der Waals surface area contributed by atoms with Gasteiger partial charge in [0.1, 0.15) is 5.75 Å². The van der Waals surface area contributed by atoms with E-state index in [1.807, 2.05) is 0 Å². The molecule has 1 aromatic heterocycles. The van der Waals surface area contributed by atoms with Gasteiger partial charge < -0.3 is 14.5 Å². The third-order valence-corrected chi connectivity index (χ3v) is 4.07. The van der Waals surface area contributed by atoms with Crippen LogP contribution < -0.4 is 10.3 Å². The molecule has 0 fully saturated rings. The quantitative estimate of drug-likeness (QED) is 0.549. The maximum atomic E-state index is 12.3. The Kier molecular flexibility index (Phi) is 5.04. The van der Waals surface area contributed by atoms with E-state index in [-0.39, 0.29) is 10.6 Å². The third kappa shape index (κ3) is 3.60. The number of hydrogen-bond acceptors (Lipinski definition) is 5. The smallest absolute Gasteiger partial charge is 0.339 e. The number of carbonyl (C=O) groups is 2. The van der Waals surface area contributed by atoms with Gasteiger partial charge in [-0.2, -0.15) is 0 Å². The molecule has 0 saturated heterocycles. The number of ketones is 1. The highest BCUT2D eigenvalue weighted by Crippen LogP contribution is 2.25. The van der Waals surface area contributed by atoms with Crippen molar-refractivity contribution in [2.75, 3.05) is 13.7 Å². The van der Waals surface area contributed by atoms with Gasteiger partial charge in [0.15, 0.2) is 12.4 Å². The second kappa shape index (κ2) is 7.41. The molecule has 0 unspecified atom stereocenters. The molecule has 6 nitrogen and oxygen atoms in total. The van der Waals surface area contributed by atoms with Crippen LogP contribution >= 0.6 is 11.6 Å². The van der Waals surface area contributed by atoms with Crippen molar-refractivity contribution < 1.29 is 19.1 Å². The molecule has 0 atom stereocenters. The number of pyridine rings is 1. The highest BCUT2D eigenvalue weighted by molar-refractivity contribution is 6.32. The number of halogens is 1. The number of methoxy groups -OCH3 is 1. The number of fused-ring (bicyclic) bond motifs is 1. The van der Waals surface area contributed by atoms with Crippen molar-refractivity contribution in [3.8, 4) is 5.75 Å². The van der Waals surface area contributed by atoms with Crippen molar-refractivity contribution in [2.45, 2.75) is 0 Å². The Morgan fingerprint density at radius 2 is 1.88 bits per heavy atom. The van der Waals surface area contributed by atoms with Gasteiger partial charge in [-0.15, -0.1) is 0 Å². The lowest BCUT2D eigenvalue weighted by atomic mass is 10.1. The Morgan fingerprint density at radius 3 is 2.62 bits per heavy atom. The summed E-state index contributed by atoms with van der Waals surface area (Å²) < 4.78 is 10.1. The molecule has 0 aliphatic heterocycles. The molecule has 0 amide bonds. The maximum absolute atomic E-state index is 12.3. The monoisotopic (exact) mass is 371 g/mol. The van der Waals surface area contributed by atoms with Crippen LogP contribution in [0.4, 0.5) is 0 Å². The van der Waals surface area contributed by atoms with E-state index >= 15 is 0 Å². The largest absolute Gasteiger partial charge is 0.495 e. The first-order valence-corrected chi connectivity index (χ1v) is 8.03. The molecule has 0 saturated carbocycles. The number of aromatic amines is 1. The first-order chi connectivity index (χ1) is 12.5. The van der Waals surface area contributed by atoms with Crippen molar-refractivity contribution in [1.29, 1.82) is 0 Å². The normalized spacial score (nSPS) is 10.5. The molecule has 0 aliphatic rings. The Morgan fingerprint density at radius 1 is 1.12 bits per heavy atom. The molecule has 1 N–H and O–H groups in total. The third-order valence-electron chi connectivity index (χ3n) is 3.78. The van der Waals surface area contributed by atoms with Gasteiger partial charge in [-0.1, -0.05) is 29.8 Å². The number of Topliss-reactive ketones (excluding diaryl/α,β-unsaturated/α-hetero) is 1. The molecular formula is C19H14ClNO5. The molecule has 0 radical (unpaired) electrons. The fraction of sp³-hybridized carbons (Fsp3) is 0.105. The van der Waals surface area contributed by atoms with Gasteiger partial charge in [0.05, 0.1) is 17.7 Å². The van der Waals surface area contributed by atoms with E-state index in [4.69, 9.17) is 21.1 Å². The van der Waals surface area contributed by atoms with E-state index in [9.17, 15) is 14.4 Å². The Hall–Kier alpha value is -3.12. The Bertz CT molecular complexity index is 1060. The molecule has 2 aromatic carbocycles. The minimum absolute atomic E-state index is 0.102. The zero-order valence-electron chi connectivity index (χ0n) is 13.7. The molecule has 0 bridgehead atoms. The summed E-state index contributed by atoms with van der Waals surface area (Å²) in [6.45, 7) is -0.470. The summed E-state index contributed by atoms with van der Waals surface area (Å²) in [5.74, 6) is -0.729. The summed E-state index contributed by atoms with van der Waals surface area (Å²) in [5.41, 5.74) is 0.480. The molecule has 0 spiro atoms. The van der Waals surface area contributed by atoms with Crippen LogP contribution in [0.5, 0.6) is 5.75 Å². The molecule has 0 aliphatic carbocycles. The summed E-state index contributed by atoms with van der Waals surface area (Å²) >= 11 is 5.99. The predicted octanol–water partition coefficient (Wildman–Crippen LogP) is 3.23. The van der Waals surface area contributed by atoms with E-state index in [2.05, 4.69) is 4.98 Å². The number of rotatable bonds is 5. The lowest BCUT2D eigenvalue weighted by molar-refractivity contribution is 0.0476. The average Bonchev–Trinajstić information content (AvgIpc) is 2.65. The number of nitrogens with one attached hydrogen (secondary N) is 1. The number of H-pyrrole nitrogens is 1. The predicted molar refractivity (Wildman–Crippen MR) is 97.2 cm³/mol. The fourth-order valence-electron chi connectivity index (χ4n) is 2.51. The highest BCUT2D eigenvalue weighted by Gasteiger charge is 2.16. The van der Waals surface area contributed by atoms with Crippen LogP contribution in [0.3, 0.4) is 0 Å². The van der Waals surface area contributed by atoms with Crippen molar-refractivity contribution in [1.82, 2.24) is 4.98 Å². The summed E-state index contributed by atoms with van der Waals surface area (Å²) in [5, 5.41) is 0.822. The number of ether oxygens (including phenoxy) is 2. The van der Waals surface area contributed by atoms with Crippen LogP contribution in [0.2, 0.25) is 5.02 Å². The summed E-state index contributed by atoms with van der Waals surface area (Å²) in [6, 6.07) is 12.5. The first-order valence-electron chi connectivity index (χ1n) is 7.65. The topological polar surface area (TPSA) is 85.5 Å². The van der Waals surface area contributed by atoms with Gasteiger partial charge in [-0.3, -0.25) is 9.59 Å². The number of carbonyl (C=O) groups excluding carboxylic acids is 2. The van der Waals surface area contributed by atoms with Gasteiger partial charge >= 0.3 is 5.97 Å². The second-order valence-electron chi connectivity index (χ2n) is 5.44. The van der Waals surface area contributed by atoms with Crippen molar-refractivity contribution in [3.63, 3.8) is 0 Å². The zero-order chi connectivity index (χ0) is 18.7. The lowest BCUT2D eigenvalue weighted by Crippen LogP contribution is -2.17. The first kappa shape index (κ1) is 17.7. The number of aromatic nitrogens is 1. The van der Waals surface area contributed by atoms with Gasteiger partial charge in [0.2, 0.25) is 5.56 Å². The number of esters is 1. The summed E-state index contributed by atoms with van der Waals surface area (Å²) in [6.07, 6.45) is 0. The summed E-state index contributed by atoms with van der Waals surface area (Å²) in [7, 11) is 1.47. The SMILES string of the molecule is COc1ccc(C(=O)COC(=O)c2cc(=O)[nH]c3ccccc23)cc1Cl. The molecule has 26 heavy (non-hydrogen) atoms. The van der Waals surface area contributed by atoms with Crippen LogP contribution in [0.25, 0.3) is 10.9 Å². The van der Waals surface area contributed by atoms with Crippen LogP contribution in [-0.2, 0) is 4.74 Å². The Balaban J connectivity index is 1.78. The second-order valence-corrected chi connectivity index (χ2v) is 5.85. The number of para-hydroxylation sites is 1. The van der Waals surface area contributed by atoms with E-state index in [1.165, 1.54) is 19.2 Å². The molecule has 1 heterocycles. The summed E-state index contributed by atoms with van der Waals surface area (Å²) in [4.78, 5) is 38.9. The lowest BCUT2D eigenvalue weighted by Gasteiger charge is -2.08. The minimum Gasteiger partial charge on any atom is -0.495 e. The van der Waals surface area contributed by atoms with Gasteiger partial charge in [0.25, 0.3) is 0 Å². The van der Waals surface area contributed by atoms with Gasteiger partial charge in [-0.05, 0) is 24.3 Å². The zero-order valence-corrected chi connectivity index (χ0v) is 14.5. The van der Waals surface area contributed by atoms with Crippen LogP contribution in [0.15, 0.2) is 53.3 Å². The van der Waals surface area contributed by atoms with E-state index in [1.54, 1.807) is 30.3 Å². The fourth-order valence-corrected chi connectivity index (χ4v) is 2.76. The van der Waals surface area contributed by atoms with Crippen LogP contribution in [0.1, 0.15) is 20.7 Å². The van der Waals surface area contributed by atoms with Crippen molar-refractivity contribution >= 4 is 34.3 Å². The maximum Gasteiger partial charge on any atom is 0.339 e. The van der Waals surface area contributed by atoms with E-state index in [0.717, 1.165) is 6.07 Å². The van der Waals surface area contributed by atoms with Gasteiger partial charge in [-0.25, -0.2) is 4.79 Å². The van der Waals surface area contributed by atoms with Gasteiger partial charge in [0, 0.05) is 22.5 Å². The number of hydrogen-bond donors (Lipinski definition) is 1. The number of benzene rings is 2. The van der Waals surface area contributed by atoms with E-state index < -0.39 is 23.9 Å². The standard InChI is InChI=1S/C19H14ClNO5/c1-25-17-7-6-11(8-14(17)20)16(22)10-26-19(24)13-9-18(23)21-15-5-3-2-4-12(13)15/h2-9H,10H2,1H3,(H,21,23). The van der Waals surface area contributed by atoms with Crippen molar-refractivity contribution in [2.24, 2.45) is 0 Å². The highest BCUT2D eigenvalue weighted by atomic mass is 35.5. The van der Waals surface area contributed by atoms with Crippen LogP contribution in [0, 0.1) is 0 Å². The van der Waals surface area contributed by atoms with Crippen molar-refractivity contribution in [3.05, 3.63) is 75.0 Å². The molecule has 3 aromatic rings. The van der Waals surface area contributed by atoms with E-state index in [0.29, 0.717) is 22.2 Å². The van der Waals surface area contributed by atoms with Crippen LogP contribution in [-0.4, -0.2) is 30.5 Å². The Labute approximate surface area is 153 Å². The average molecular weight is 372 g/mol. The molecule has 132 valence electrons. The molecule has 3 rings (SSSR count). The molecule has 7 heteroatoms.